The second-order valence-corrected chi connectivity index (χ2v) is 6.00. The summed E-state index contributed by atoms with van der Waals surface area (Å²) >= 11 is 0. The number of carboxylic acids is 1. The Morgan fingerprint density at radius 1 is 0.885 bits per heavy atom. The maximum absolute atomic E-state index is 11.7. The van der Waals surface area contributed by atoms with Crippen molar-refractivity contribution >= 4 is 34.7 Å². The number of rotatable bonds is 5. The molecule has 0 bridgehead atoms. The van der Waals surface area contributed by atoms with Crippen LogP contribution in [0.5, 0.6) is 0 Å². The lowest BCUT2D eigenvalue weighted by atomic mass is 9.91. The molecule has 128 valence electrons. The molecule has 0 aliphatic carbocycles. The second kappa shape index (κ2) is 7.62. The number of aliphatic carboxylic acids is 1. The van der Waals surface area contributed by atoms with E-state index in [2.05, 4.69) is 0 Å². The van der Waals surface area contributed by atoms with E-state index in [9.17, 15) is 9.59 Å². The first-order valence-electron chi connectivity index (χ1n) is 8.26. The Hall–Kier alpha value is -3.46. The quantitative estimate of drug-likeness (QED) is 0.302. The van der Waals surface area contributed by atoms with Crippen molar-refractivity contribution in [3.63, 3.8) is 0 Å². The first-order valence-corrected chi connectivity index (χ1v) is 8.26. The van der Waals surface area contributed by atoms with Gasteiger partial charge < -0.3 is 5.11 Å². The summed E-state index contributed by atoms with van der Waals surface area (Å²) in [6, 6.07) is 19.3. The highest BCUT2D eigenvalue weighted by Gasteiger charge is 2.11. The average molecular weight is 342 g/mol. The van der Waals surface area contributed by atoms with Crippen molar-refractivity contribution in [2.45, 2.75) is 6.92 Å². The third-order valence-electron chi connectivity index (χ3n) is 4.28. The van der Waals surface area contributed by atoms with E-state index in [1.807, 2.05) is 67.6 Å². The molecule has 0 unspecified atom stereocenters. The van der Waals surface area contributed by atoms with E-state index in [1.165, 1.54) is 0 Å². The fraction of sp³-hybridized carbons (Fsp3) is 0.0435. The first kappa shape index (κ1) is 17.4. The van der Waals surface area contributed by atoms with E-state index in [1.54, 1.807) is 12.1 Å². The number of carboxylic acid groups (broad SMARTS) is 1. The molecule has 0 saturated heterocycles. The zero-order valence-corrected chi connectivity index (χ0v) is 14.3. The Labute approximate surface area is 151 Å². The Morgan fingerprint density at radius 3 is 2.35 bits per heavy atom. The topological polar surface area (TPSA) is 54.4 Å². The van der Waals surface area contributed by atoms with Gasteiger partial charge in [0.25, 0.3) is 0 Å². The smallest absolute Gasteiger partial charge is 0.328 e. The zero-order chi connectivity index (χ0) is 18.5. The number of allylic oxidation sites excluding steroid dienone is 2. The van der Waals surface area contributed by atoms with Crippen molar-refractivity contribution in [3.05, 3.63) is 95.1 Å². The number of hydrogen-bond donors (Lipinski definition) is 1. The number of benzene rings is 3. The predicted molar refractivity (Wildman–Crippen MR) is 105 cm³/mol. The van der Waals surface area contributed by atoms with Gasteiger partial charge in [0.2, 0.25) is 0 Å². The van der Waals surface area contributed by atoms with Gasteiger partial charge in [-0.25, -0.2) is 4.79 Å². The van der Waals surface area contributed by atoms with Crippen molar-refractivity contribution in [1.82, 2.24) is 0 Å². The molecule has 0 saturated carbocycles. The van der Waals surface area contributed by atoms with Crippen molar-refractivity contribution in [2.75, 3.05) is 0 Å². The van der Waals surface area contributed by atoms with Gasteiger partial charge in [-0.1, -0.05) is 60.7 Å². The monoisotopic (exact) mass is 342 g/mol. The number of hydrogen-bond acceptors (Lipinski definition) is 2. The largest absolute Gasteiger partial charge is 0.478 e. The standard InChI is InChI=1S/C23H18O3/c1-16-6-2-3-8-18(16)14-19(12-13-22(25)26)23-20(15-24)11-10-17-7-4-5-9-21(17)23/h2-15H,1H3,(H,25,26). The lowest BCUT2D eigenvalue weighted by molar-refractivity contribution is -0.131. The van der Waals surface area contributed by atoms with E-state index in [-0.39, 0.29) is 0 Å². The fourth-order valence-electron chi connectivity index (χ4n) is 2.99. The highest BCUT2D eigenvalue weighted by Crippen LogP contribution is 2.31. The number of carbonyl (C=O) groups excluding carboxylic acids is 1. The Kier molecular flexibility index (Phi) is 5.09. The van der Waals surface area contributed by atoms with Crippen LogP contribution < -0.4 is 0 Å². The maximum Gasteiger partial charge on any atom is 0.328 e. The minimum Gasteiger partial charge on any atom is -0.478 e. The molecule has 3 nitrogen and oxygen atoms in total. The molecular formula is C23H18O3. The Bertz CT molecular complexity index is 1040. The Balaban J connectivity index is 2.32. The van der Waals surface area contributed by atoms with Crippen LogP contribution in [0, 0.1) is 6.92 Å². The van der Waals surface area contributed by atoms with Crippen molar-refractivity contribution in [3.8, 4) is 0 Å². The van der Waals surface area contributed by atoms with Gasteiger partial charge in [0.15, 0.2) is 6.29 Å². The molecule has 0 amide bonds. The average Bonchev–Trinajstić information content (AvgIpc) is 2.65. The summed E-state index contributed by atoms with van der Waals surface area (Å²) in [7, 11) is 0. The third kappa shape index (κ3) is 3.62. The molecule has 0 aliphatic heterocycles. The van der Waals surface area contributed by atoms with Crippen LogP contribution in [0.15, 0.2) is 72.8 Å². The summed E-state index contributed by atoms with van der Waals surface area (Å²) in [4.78, 5) is 22.8. The highest BCUT2D eigenvalue weighted by atomic mass is 16.4. The van der Waals surface area contributed by atoms with Gasteiger partial charge >= 0.3 is 5.97 Å². The molecule has 0 radical (unpaired) electrons. The van der Waals surface area contributed by atoms with Gasteiger partial charge in [-0.15, -0.1) is 0 Å². The molecular weight excluding hydrogens is 324 g/mol. The van der Waals surface area contributed by atoms with Gasteiger partial charge in [-0.2, -0.15) is 0 Å². The van der Waals surface area contributed by atoms with E-state index in [0.717, 1.165) is 39.8 Å². The fourth-order valence-corrected chi connectivity index (χ4v) is 2.99. The van der Waals surface area contributed by atoms with Crippen molar-refractivity contribution in [2.24, 2.45) is 0 Å². The lowest BCUT2D eigenvalue weighted by Crippen LogP contribution is -1.95. The number of carbonyl (C=O) groups is 2. The number of fused-ring (bicyclic) bond motifs is 1. The minimum atomic E-state index is -1.03. The van der Waals surface area contributed by atoms with Gasteiger partial charge in [-0.05, 0) is 46.5 Å². The summed E-state index contributed by atoms with van der Waals surface area (Å²) in [5.41, 5.74) is 3.99. The van der Waals surface area contributed by atoms with Crippen LogP contribution in [0.2, 0.25) is 0 Å². The Morgan fingerprint density at radius 2 is 1.62 bits per heavy atom. The minimum absolute atomic E-state index is 0.526. The van der Waals surface area contributed by atoms with Gasteiger partial charge in [0, 0.05) is 17.2 Å². The molecule has 3 rings (SSSR count). The zero-order valence-electron chi connectivity index (χ0n) is 14.3. The number of aryl methyl sites for hydroxylation is 1. The molecule has 3 heteroatoms. The van der Waals surface area contributed by atoms with Crippen LogP contribution >= 0.6 is 0 Å². The van der Waals surface area contributed by atoms with Gasteiger partial charge in [-0.3, -0.25) is 4.79 Å². The van der Waals surface area contributed by atoms with Gasteiger partial charge in [0.1, 0.15) is 0 Å². The van der Waals surface area contributed by atoms with Crippen LogP contribution in [0.3, 0.4) is 0 Å². The summed E-state index contributed by atoms with van der Waals surface area (Å²) < 4.78 is 0. The molecule has 1 N–H and O–H groups in total. The summed E-state index contributed by atoms with van der Waals surface area (Å²) in [6.45, 7) is 1.99. The van der Waals surface area contributed by atoms with Crippen molar-refractivity contribution < 1.29 is 14.7 Å². The van der Waals surface area contributed by atoms with E-state index < -0.39 is 5.97 Å². The molecule has 0 aromatic heterocycles. The van der Waals surface area contributed by atoms with Crippen molar-refractivity contribution in [1.29, 1.82) is 0 Å². The molecule has 0 atom stereocenters. The SMILES string of the molecule is Cc1ccccc1C=C(C=CC(=O)O)c1c(C=O)ccc2ccccc12. The van der Waals surface area contributed by atoms with E-state index >= 15 is 0 Å². The molecule has 0 heterocycles. The molecule has 0 fully saturated rings. The highest BCUT2D eigenvalue weighted by molar-refractivity contribution is 6.07. The van der Waals surface area contributed by atoms with Crippen LogP contribution in [0.1, 0.15) is 27.0 Å². The molecule has 3 aromatic rings. The van der Waals surface area contributed by atoms with Crippen LogP contribution in [-0.2, 0) is 4.79 Å². The first-order chi connectivity index (χ1) is 12.6. The second-order valence-electron chi connectivity index (χ2n) is 6.00. The lowest BCUT2D eigenvalue weighted by Gasteiger charge is -2.12. The maximum atomic E-state index is 11.7. The molecule has 0 spiro atoms. The van der Waals surface area contributed by atoms with E-state index in [4.69, 9.17) is 5.11 Å². The summed E-state index contributed by atoms with van der Waals surface area (Å²) in [5, 5.41) is 11.0. The normalized spacial score (nSPS) is 11.8. The molecule has 0 aliphatic rings. The third-order valence-corrected chi connectivity index (χ3v) is 4.28. The number of aldehydes is 1. The molecule has 3 aromatic carbocycles. The van der Waals surface area contributed by atoms with Crippen LogP contribution in [0.25, 0.3) is 22.4 Å². The van der Waals surface area contributed by atoms with Gasteiger partial charge in [0.05, 0.1) is 0 Å². The summed E-state index contributed by atoms with van der Waals surface area (Å²) in [5.74, 6) is -1.03. The van der Waals surface area contributed by atoms with Crippen LogP contribution in [0.4, 0.5) is 0 Å². The summed E-state index contributed by atoms with van der Waals surface area (Å²) in [6.07, 6.45) is 5.37. The molecule has 26 heavy (non-hydrogen) atoms. The van der Waals surface area contributed by atoms with E-state index in [0.29, 0.717) is 11.1 Å². The predicted octanol–water partition coefficient (Wildman–Crippen LogP) is 5.14. The van der Waals surface area contributed by atoms with Crippen LogP contribution in [-0.4, -0.2) is 17.4 Å².